The molecule has 0 heterocycles. The van der Waals surface area contributed by atoms with E-state index in [0.717, 1.165) is 10.8 Å². The van der Waals surface area contributed by atoms with Gasteiger partial charge in [0.15, 0.2) is 0 Å². The normalized spacial score (nSPS) is 10.8. The lowest BCUT2D eigenvalue weighted by Gasteiger charge is -2.08. The molecule has 0 unspecified atom stereocenters. The summed E-state index contributed by atoms with van der Waals surface area (Å²) in [4.78, 5) is 11.6. The first-order valence-electron chi connectivity index (χ1n) is 6.54. The first kappa shape index (κ1) is 14.1. The van der Waals surface area contributed by atoms with E-state index in [2.05, 4.69) is 0 Å². The molecular formula is C16H18N2O2. The van der Waals surface area contributed by atoms with Crippen molar-refractivity contribution in [3.05, 3.63) is 42.0 Å². The molecule has 20 heavy (non-hydrogen) atoms. The minimum absolute atomic E-state index is 0.0411. The van der Waals surface area contributed by atoms with E-state index in [-0.39, 0.29) is 17.7 Å². The van der Waals surface area contributed by atoms with Gasteiger partial charge in [-0.25, -0.2) is 0 Å². The van der Waals surface area contributed by atoms with Crippen molar-refractivity contribution >= 4 is 22.6 Å². The second-order valence-electron chi connectivity index (χ2n) is 5.21. The van der Waals surface area contributed by atoms with Crippen LogP contribution in [-0.2, 0) is 4.79 Å². The molecule has 4 nitrogen and oxygen atoms in total. The Morgan fingerprint density at radius 2 is 1.85 bits per heavy atom. The summed E-state index contributed by atoms with van der Waals surface area (Å²) in [6, 6.07) is 10.9. The van der Waals surface area contributed by atoms with E-state index in [1.165, 1.54) is 0 Å². The number of nitrogens with two attached hydrogens (primary N) is 1. The number of ether oxygens (including phenoxy) is 1. The number of amidine groups is 1. The highest BCUT2D eigenvalue weighted by molar-refractivity contribution is 5.99. The molecule has 0 saturated heterocycles. The highest BCUT2D eigenvalue weighted by Crippen LogP contribution is 2.22. The third-order valence-electron chi connectivity index (χ3n) is 2.93. The molecule has 2 aromatic rings. The predicted molar refractivity (Wildman–Crippen MR) is 80.1 cm³/mol. The molecule has 0 bridgehead atoms. The van der Waals surface area contributed by atoms with Gasteiger partial charge < -0.3 is 10.5 Å². The van der Waals surface area contributed by atoms with Crippen LogP contribution in [0.5, 0.6) is 5.75 Å². The van der Waals surface area contributed by atoms with Gasteiger partial charge >= 0.3 is 5.97 Å². The third-order valence-corrected chi connectivity index (χ3v) is 2.93. The summed E-state index contributed by atoms with van der Waals surface area (Å²) in [7, 11) is 0. The topological polar surface area (TPSA) is 76.2 Å². The number of benzene rings is 2. The molecule has 0 amide bonds. The van der Waals surface area contributed by atoms with Crippen molar-refractivity contribution in [2.75, 3.05) is 0 Å². The first-order valence-corrected chi connectivity index (χ1v) is 6.54. The molecule has 4 heteroatoms. The Balaban J connectivity index is 2.24. The number of nitrogens with one attached hydrogen (secondary N) is 1. The zero-order valence-corrected chi connectivity index (χ0v) is 11.6. The quantitative estimate of drug-likeness (QED) is 0.388. The van der Waals surface area contributed by atoms with Crippen LogP contribution < -0.4 is 10.5 Å². The minimum atomic E-state index is -0.222. The van der Waals surface area contributed by atoms with Gasteiger partial charge in [0.2, 0.25) is 0 Å². The molecular weight excluding hydrogens is 252 g/mol. The number of carbonyl (C=O) groups excluding carboxylic acids is 1. The standard InChI is InChI=1S/C16H18N2O2/c1-10(2)7-15(19)20-14-6-5-11-8-13(16(17)18)4-3-12(11)9-14/h3-6,8-10H,7H2,1-2H3,(H3,17,18). The summed E-state index contributed by atoms with van der Waals surface area (Å²) in [6.45, 7) is 3.95. The molecule has 0 fully saturated rings. The molecule has 0 aromatic heterocycles. The van der Waals surface area contributed by atoms with E-state index in [4.69, 9.17) is 15.9 Å². The smallest absolute Gasteiger partial charge is 0.311 e. The number of fused-ring (bicyclic) bond motifs is 1. The third kappa shape index (κ3) is 3.35. The van der Waals surface area contributed by atoms with Gasteiger partial charge in [-0.05, 0) is 34.9 Å². The fourth-order valence-electron chi connectivity index (χ4n) is 1.96. The number of hydrogen-bond donors (Lipinski definition) is 2. The maximum Gasteiger partial charge on any atom is 0.311 e. The summed E-state index contributed by atoms with van der Waals surface area (Å²) < 4.78 is 5.31. The van der Waals surface area contributed by atoms with Crippen LogP contribution in [0, 0.1) is 11.3 Å². The Morgan fingerprint density at radius 3 is 2.50 bits per heavy atom. The Hall–Kier alpha value is -2.36. The van der Waals surface area contributed by atoms with E-state index in [0.29, 0.717) is 17.7 Å². The van der Waals surface area contributed by atoms with Crippen molar-refractivity contribution in [2.24, 2.45) is 11.7 Å². The fraction of sp³-hybridized carbons (Fsp3) is 0.250. The Labute approximate surface area is 118 Å². The summed E-state index contributed by atoms with van der Waals surface area (Å²) in [5, 5.41) is 9.33. The van der Waals surface area contributed by atoms with Crippen molar-refractivity contribution in [1.29, 1.82) is 5.41 Å². The van der Waals surface area contributed by atoms with Crippen LogP contribution in [0.2, 0.25) is 0 Å². The highest BCUT2D eigenvalue weighted by atomic mass is 16.5. The van der Waals surface area contributed by atoms with Gasteiger partial charge in [0.25, 0.3) is 0 Å². The number of carbonyl (C=O) groups is 1. The van der Waals surface area contributed by atoms with Crippen LogP contribution >= 0.6 is 0 Å². The Bertz CT molecular complexity index is 663. The molecule has 0 saturated carbocycles. The molecule has 0 aliphatic carbocycles. The second-order valence-corrected chi connectivity index (χ2v) is 5.21. The first-order chi connectivity index (χ1) is 9.45. The van der Waals surface area contributed by atoms with Crippen molar-refractivity contribution in [1.82, 2.24) is 0 Å². The van der Waals surface area contributed by atoms with Gasteiger partial charge in [0.05, 0.1) is 0 Å². The van der Waals surface area contributed by atoms with Crippen LogP contribution in [0.15, 0.2) is 36.4 Å². The molecule has 2 aromatic carbocycles. The van der Waals surface area contributed by atoms with Crippen molar-refractivity contribution < 1.29 is 9.53 Å². The van der Waals surface area contributed by atoms with Crippen LogP contribution in [0.4, 0.5) is 0 Å². The number of esters is 1. The average Bonchev–Trinajstić information content (AvgIpc) is 2.36. The molecule has 0 atom stereocenters. The van der Waals surface area contributed by atoms with Crippen molar-refractivity contribution in [2.45, 2.75) is 20.3 Å². The molecule has 0 spiro atoms. The SMILES string of the molecule is CC(C)CC(=O)Oc1ccc2cc(C(=N)N)ccc2c1. The van der Waals surface area contributed by atoms with E-state index in [9.17, 15) is 4.79 Å². The number of rotatable bonds is 4. The predicted octanol–water partition coefficient (Wildman–Crippen LogP) is 3.08. The Kier molecular flexibility index (Phi) is 4.03. The largest absolute Gasteiger partial charge is 0.426 e. The number of hydrogen-bond acceptors (Lipinski definition) is 3. The molecule has 3 N–H and O–H groups in total. The molecule has 0 radical (unpaired) electrons. The van der Waals surface area contributed by atoms with Crippen LogP contribution in [0.1, 0.15) is 25.8 Å². The lowest BCUT2D eigenvalue weighted by molar-refractivity contribution is -0.135. The lowest BCUT2D eigenvalue weighted by Crippen LogP contribution is -2.11. The van der Waals surface area contributed by atoms with Gasteiger partial charge in [-0.3, -0.25) is 10.2 Å². The van der Waals surface area contributed by atoms with Crippen LogP contribution in [-0.4, -0.2) is 11.8 Å². The lowest BCUT2D eigenvalue weighted by atomic mass is 10.1. The molecule has 0 aliphatic rings. The zero-order chi connectivity index (χ0) is 14.7. The van der Waals surface area contributed by atoms with Gasteiger partial charge in [-0.15, -0.1) is 0 Å². The summed E-state index contributed by atoms with van der Waals surface area (Å²) >= 11 is 0. The van der Waals surface area contributed by atoms with Gasteiger partial charge in [-0.2, -0.15) is 0 Å². The summed E-state index contributed by atoms with van der Waals surface area (Å²) in [5.74, 6) is 0.638. The second kappa shape index (κ2) is 5.74. The maximum atomic E-state index is 11.6. The van der Waals surface area contributed by atoms with E-state index in [1.54, 1.807) is 12.1 Å². The van der Waals surface area contributed by atoms with E-state index < -0.39 is 0 Å². The average molecular weight is 270 g/mol. The van der Waals surface area contributed by atoms with Crippen LogP contribution in [0.3, 0.4) is 0 Å². The van der Waals surface area contributed by atoms with Crippen molar-refractivity contribution in [3.8, 4) is 5.75 Å². The van der Waals surface area contributed by atoms with Crippen LogP contribution in [0.25, 0.3) is 10.8 Å². The monoisotopic (exact) mass is 270 g/mol. The Morgan fingerprint density at radius 1 is 1.20 bits per heavy atom. The fourth-order valence-corrected chi connectivity index (χ4v) is 1.96. The zero-order valence-electron chi connectivity index (χ0n) is 11.6. The molecule has 0 aliphatic heterocycles. The highest BCUT2D eigenvalue weighted by Gasteiger charge is 2.08. The van der Waals surface area contributed by atoms with Crippen molar-refractivity contribution in [3.63, 3.8) is 0 Å². The van der Waals surface area contributed by atoms with E-state index in [1.807, 2.05) is 38.1 Å². The molecule has 104 valence electrons. The van der Waals surface area contributed by atoms with Gasteiger partial charge in [-0.1, -0.05) is 32.0 Å². The van der Waals surface area contributed by atoms with Gasteiger partial charge in [0.1, 0.15) is 11.6 Å². The van der Waals surface area contributed by atoms with Gasteiger partial charge in [0, 0.05) is 12.0 Å². The number of nitrogen functional groups attached to an aromatic ring is 1. The maximum absolute atomic E-state index is 11.6. The molecule has 2 rings (SSSR count). The van der Waals surface area contributed by atoms with E-state index >= 15 is 0 Å². The summed E-state index contributed by atoms with van der Waals surface area (Å²) in [6.07, 6.45) is 0.404. The summed E-state index contributed by atoms with van der Waals surface area (Å²) in [5.41, 5.74) is 6.14. The minimum Gasteiger partial charge on any atom is -0.426 e.